The molecule has 8 nitrogen and oxygen atoms in total. The Kier molecular flexibility index (Phi) is 7.23. The average Bonchev–Trinajstić information content (AvgIpc) is 2.66. The molecule has 29 heavy (non-hydrogen) atoms. The van der Waals surface area contributed by atoms with Crippen LogP contribution in [-0.2, 0) is 19.6 Å². The van der Waals surface area contributed by atoms with Crippen LogP contribution in [0.15, 0.2) is 41.3 Å². The number of methoxy groups -OCH3 is 1. The van der Waals surface area contributed by atoms with Crippen molar-refractivity contribution in [1.29, 1.82) is 0 Å². The number of benzene rings is 2. The Balaban J connectivity index is 2.11. The molecule has 1 N–H and O–H groups in total. The van der Waals surface area contributed by atoms with Gasteiger partial charge in [0.1, 0.15) is 5.75 Å². The summed E-state index contributed by atoms with van der Waals surface area (Å²) in [5, 5.41) is 2.61. The van der Waals surface area contributed by atoms with Gasteiger partial charge in [0.05, 0.1) is 28.3 Å². The molecule has 0 radical (unpaired) electrons. The summed E-state index contributed by atoms with van der Waals surface area (Å²) in [7, 11) is 0.443. The van der Waals surface area contributed by atoms with Gasteiger partial charge in [0.15, 0.2) is 6.61 Å². The van der Waals surface area contributed by atoms with Crippen LogP contribution in [0.25, 0.3) is 0 Å². The average molecular weight is 441 g/mol. The van der Waals surface area contributed by atoms with Gasteiger partial charge in [0.25, 0.3) is 5.91 Å². The van der Waals surface area contributed by atoms with Crippen molar-refractivity contribution in [3.05, 3.63) is 52.5 Å². The van der Waals surface area contributed by atoms with Crippen LogP contribution in [0, 0.1) is 6.92 Å². The second kappa shape index (κ2) is 9.25. The molecule has 2 rings (SSSR count). The van der Waals surface area contributed by atoms with Gasteiger partial charge in [-0.3, -0.25) is 4.79 Å². The first kappa shape index (κ1) is 22.7. The van der Waals surface area contributed by atoms with Crippen LogP contribution in [0.4, 0.5) is 5.69 Å². The van der Waals surface area contributed by atoms with Gasteiger partial charge in [-0.05, 0) is 42.8 Å². The van der Waals surface area contributed by atoms with Crippen LogP contribution in [-0.4, -0.2) is 52.4 Å². The van der Waals surface area contributed by atoms with E-state index in [0.717, 1.165) is 15.9 Å². The van der Waals surface area contributed by atoms with Crippen LogP contribution in [0.2, 0.25) is 5.02 Å². The summed E-state index contributed by atoms with van der Waals surface area (Å²) in [4.78, 5) is 24.4. The monoisotopic (exact) mass is 440 g/mol. The molecule has 0 atom stereocenters. The normalized spacial score (nSPS) is 11.2. The fourth-order valence-electron chi connectivity index (χ4n) is 2.35. The number of carbonyl (C=O) groups excluding carboxylic acids is 2. The number of esters is 1. The van der Waals surface area contributed by atoms with Crippen LogP contribution in [0.5, 0.6) is 5.75 Å². The third-order valence-corrected chi connectivity index (χ3v) is 6.04. The van der Waals surface area contributed by atoms with E-state index in [0.29, 0.717) is 11.4 Å². The van der Waals surface area contributed by atoms with Crippen molar-refractivity contribution < 1.29 is 27.5 Å². The first-order chi connectivity index (χ1) is 13.6. The number of anilines is 1. The molecule has 0 aliphatic carbocycles. The minimum Gasteiger partial charge on any atom is -0.495 e. The molecular weight excluding hydrogens is 420 g/mol. The molecule has 1 amide bonds. The van der Waals surface area contributed by atoms with E-state index >= 15 is 0 Å². The Bertz CT molecular complexity index is 1040. The molecule has 156 valence electrons. The zero-order valence-electron chi connectivity index (χ0n) is 16.4. The number of nitrogens with zero attached hydrogens (tertiary/aromatic N) is 1. The van der Waals surface area contributed by atoms with Gasteiger partial charge >= 0.3 is 5.97 Å². The minimum absolute atomic E-state index is 0.00784. The summed E-state index contributed by atoms with van der Waals surface area (Å²) in [6, 6.07) is 8.92. The van der Waals surface area contributed by atoms with E-state index in [1.807, 2.05) is 13.0 Å². The predicted molar refractivity (Wildman–Crippen MR) is 109 cm³/mol. The van der Waals surface area contributed by atoms with Crippen molar-refractivity contribution in [1.82, 2.24) is 4.31 Å². The fourth-order valence-corrected chi connectivity index (χ4v) is 3.47. The van der Waals surface area contributed by atoms with E-state index in [1.165, 1.54) is 33.3 Å². The maximum atomic E-state index is 12.3. The lowest BCUT2D eigenvalue weighted by molar-refractivity contribution is -0.119. The SMILES string of the molecule is COc1ccc(C)cc1NC(=O)COC(=O)c1cc(S(=O)(=O)N(C)C)ccc1Cl. The highest BCUT2D eigenvalue weighted by molar-refractivity contribution is 7.89. The Morgan fingerprint density at radius 1 is 1.14 bits per heavy atom. The van der Waals surface area contributed by atoms with Crippen LogP contribution in [0.1, 0.15) is 15.9 Å². The molecule has 0 saturated heterocycles. The van der Waals surface area contributed by atoms with E-state index < -0.39 is 28.5 Å². The molecule has 2 aromatic carbocycles. The summed E-state index contributed by atoms with van der Waals surface area (Å²) in [5.74, 6) is -1.05. The summed E-state index contributed by atoms with van der Waals surface area (Å²) in [5.41, 5.74) is 1.19. The van der Waals surface area contributed by atoms with Crippen LogP contribution < -0.4 is 10.1 Å². The maximum Gasteiger partial charge on any atom is 0.340 e. The van der Waals surface area contributed by atoms with Gasteiger partial charge in [0.2, 0.25) is 10.0 Å². The Morgan fingerprint density at radius 3 is 2.45 bits per heavy atom. The third kappa shape index (κ3) is 5.47. The number of rotatable bonds is 7. The number of amides is 1. The molecule has 0 aliphatic heterocycles. The largest absolute Gasteiger partial charge is 0.495 e. The summed E-state index contributed by atoms with van der Waals surface area (Å²) in [6.45, 7) is 1.27. The first-order valence-electron chi connectivity index (χ1n) is 8.40. The third-order valence-electron chi connectivity index (χ3n) is 3.90. The van der Waals surface area contributed by atoms with Gasteiger partial charge in [-0.2, -0.15) is 0 Å². The summed E-state index contributed by atoms with van der Waals surface area (Å²) < 4.78 is 35.6. The number of hydrogen-bond donors (Lipinski definition) is 1. The van der Waals surface area contributed by atoms with E-state index in [4.69, 9.17) is 21.1 Å². The van der Waals surface area contributed by atoms with Crippen molar-refractivity contribution in [2.45, 2.75) is 11.8 Å². The quantitative estimate of drug-likeness (QED) is 0.664. The summed E-state index contributed by atoms with van der Waals surface area (Å²) >= 11 is 6.00. The highest BCUT2D eigenvalue weighted by atomic mass is 35.5. The van der Waals surface area contributed by atoms with E-state index in [1.54, 1.807) is 12.1 Å². The Labute approximate surface area is 174 Å². The molecule has 0 fully saturated rings. The molecule has 0 bridgehead atoms. The number of ether oxygens (including phenoxy) is 2. The van der Waals surface area contributed by atoms with E-state index in [-0.39, 0.29) is 15.5 Å². The van der Waals surface area contributed by atoms with E-state index in [9.17, 15) is 18.0 Å². The summed E-state index contributed by atoms with van der Waals surface area (Å²) in [6.07, 6.45) is 0. The number of aryl methyl sites for hydroxylation is 1. The van der Waals surface area contributed by atoms with Crippen molar-refractivity contribution in [3.63, 3.8) is 0 Å². The second-order valence-electron chi connectivity index (χ2n) is 6.26. The molecule has 0 saturated carbocycles. The molecule has 0 aromatic heterocycles. The van der Waals surface area contributed by atoms with Gasteiger partial charge < -0.3 is 14.8 Å². The maximum absolute atomic E-state index is 12.3. The van der Waals surface area contributed by atoms with E-state index in [2.05, 4.69) is 5.32 Å². The highest BCUT2D eigenvalue weighted by Crippen LogP contribution is 2.25. The number of hydrogen-bond acceptors (Lipinski definition) is 6. The van der Waals surface area contributed by atoms with Crippen LogP contribution in [0.3, 0.4) is 0 Å². The fraction of sp³-hybridized carbons (Fsp3) is 0.263. The van der Waals surface area contributed by atoms with Crippen molar-refractivity contribution in [2.75, 3.05) is 33.1 Å². The number of nitrogens with one attached hydrogen (secondary N) is 1. The first-order valence-corrected chi connectivity index (χ1v) is 10.2. The highest BCUT2D eigenvalue weighted by Gasteiger charge is 2.22. The van der Waals surface area contributed by atoms with Gasteiger partial charge in [-0.15, -0.1) is 0 Å². The standard InChI is InChI=1S/C19H21ClN2O6S/c1-12-5-8-17(27-4)16(9-12)21-18(23)11-28-19(24)14-10-13(6-7-15(14)20)29(25,26)22(2)3/h5-10H,11H2,1-4H3,(H,21,23). The lowest BCUT2D eigenvalue weighted by atomic mass is 10.2. The molecule has 2 aromatic rings. The molecule has 0 unspecified atom stereocenters. The molecule has 10 heteroatoms. The lowest BCUT2D eigenvalue weighted by Gasteiger charge is -2.13. The molecular formula is C19H21ClN2O6S. The zero-order valence-corrected chi connectivity index (χ0v) is 17.9. The van der Waals surface area contributed by atoms with Gasteiger partial charge in [-0.25, -0.2) is 17.5 Å². The van der Waals surface area contributed by atoms with Crippen molar-refractivity contribution in [3.8, 4) is 5.75 Å². The number of sulfonamides is 1. The number of carbonyl (C=O) groups is 2. The van der Waals surface area contributed by atoms with Gasteiger partial charge in [-0.1, -0.05) is 17.7 Å². The van der Waals surface area contributed by atoms with Crippen molar-refractivity contribution >= 4 is 39.2 Å². The smallest absolute Gasteiger partial charge is 0.340 e. The topological polar surface area (TPSA) is 102 Å². The van der Waals surface area contributed by atoms with Crippen LogP contribution >= 0.6 is 11.6 Å². The van der Waals surface area contributed by atoms with Gasteiger partial charge in [0, 0.05) is 14.1 Å². The van der Waals surface area contributed by atoms with Crippen molar-refractivity contribution in [2.24, 2.45) is 0 Å². The Morgan fingerprint density at radius 2 is 1.83 bits per heavy atom. The molecule has 0 spiro atoms. The minimum atomic E-state index is -3.76. The predicted octanol–water partition coefficient (Wildman–Crippen LogP) is 2.70. The number of halogens is 1. The molecule has 0 heterocycles. The Hall–Kier alpha value is -2.62. The zero-order chi connectivity index (χ0) is 21.8. The molecule has 0 aliphatic rings. The lowest BCUT2D eigenvalue weighted by Crippen LogP contribution is -2.23. The second-order valence-corrected chi connectivity index (χ2v) is 8.82.